The summed E-state index contributed by atoms with van der Waals surface area (Å²) in [5.41, 5.74) is 1.83. The molecule has 0 fully saturated rings. The second-order valence-electron chi connectivity index (χ2n) is 4.11. The molecule has 2 aromatic rings. The molecular formula is C15H16N3PS. The van der Waals surface area contributed by atoms with Gasteiger partial charge < -0.3 is 5.32 Å². The highest BCUT2D eigenvalue weighted by Gasteiger charge is 2.06. The maximum atomic E-state index is 4.44. The van der Waals surface area contributed by atoms with Crippen molar-refractivity contribution in [1.29, 1.82) is 0 Å². The van der Waals surface area contributed by atoms with Gasteiger partial charge in [-0.3, -0.25) is 0 Å². The van der Waals surface area contributed by atoms with Crippen LogP contribution >= 0.6 is 21.9 Å². The van der Waals surface area contributed by atoms with Crippen LogP contribution in [0, 0.1) is 0 Å². The maximum absolute atomic E-state index is 4.44. The summed E-state index contributed by atoms with van der Waals surface area (Å²) in [6, 6.07) is 3.94. The number of nitrogens with zero attached hydrogens (tertiary/aromatic N) is 2. The van der Waals surface area contributed by atoms with Gasteiger partial charge in [0.25, 0.3) is 0 Å². The topological polar surface area (TPSA) is 37.8 Å². The van der Waals surface area contributed by atoms with Gasteiger partial charge in [0.15, 0.2) is 0 Å². The smallest absolute Gasteiger partial charge is 0.141 e. The van der Waals surface area contributed by atoms with Crippen molar-refractivity contribution < 1.29 is 0 Å². The van der Waals surface area contributed by atoms with Crippen LogP contribution in [0.2, 0.25) is 0 Å². The number of hydrogen-bond acceptors (Lipinski definition) is 4. The third-order valence-corrected chi connectivity index (χ3v) is 3.88. The van der Waals surface area contributed by atoms with Crippen LogP contribution in [0.25, 0.3) is 10.9 Å². The lowest BCUT2D eigenvalue weighted by molar-refractivity contribution is 1.20. The van der Waals surface area contributed by atoms with Gasteiger partial charge in [-0.25, -0.2) is 9.97 Å². The zero-order chi connectivity index (χ0) is 14.5. The van der Waals surface area contributed by atoms with E-state index >= 15 is 0 Å². The van der Waals surface area contributed by atoms with Crippen LogP contribution in [-0.4, -0.2) is 9.97 Å². The number of thiol groups is 1. The van der Waals surface area contributed by atoms with Crippen LogP contribution in [0.1, 0.15) is 6.92 Å². The molecule has 2 rings (SSSR count). The molecular weight excluding hydrogens is 285 g/mol. The van der Waals surface area contributed by atoms with Gasteiger partial charge in [-0.2, -0.15) is 0 Å². The fourth-order valence-corrected chi connectivity index (χ4v) is 2.16. The fraction of sp³-hybridized carbons (Fsp3) is 0.0667. The first-order chi connectivity index (χ1) is 9.65. The Morgan fingerprint density at radius 2 is 2.20 bits per heavy atom. The second kappa shape index (κ2) is 6.69. The minimum Gasteiger partial charge on any atom is -0.340 e. The average molecular weight is 301 g/mol. The SMILES string of the molecule is C=C/C=C\C(=C/C)Nc1ncnc2cc(P)c(S)cc12. The van der Waals surface area contributed by atoms with Crippen molar-refractivity contribution in [2.45, 2.75) is 11.8 Å². The van der Waals surface area contributed by atoms with Crippen LogP contribution in [0.3, 0.4) is 0 Å². The van der Waals surface area contributed by atoms with E-state index < -0.39 is 0 Å². The third kappa shape index (κ3) is 3.27. The first-order valence-electron chi connectivity index (χ1n) is 6.11. The molecule has 102 valence electrons. The number of benzene rings is 1. The Morgan fingerprint density at radius 3 is 2.90 bits per heavy atom. The molecule has 1 atom stereocenters. The van der Waals surface area contributed by atoms with Crippen LogP contribution in [0.5, 0.6) is 0 Å². The number of aromatic nitrogens is 2. The standard InChI is InChI=1S/C15H16N3PS/c1-3-5-6-10(4-2)18-15-11-7-14(20)13(19)8-12(11)16-9-17-15/h3-9,20H,1,19H2,2H3,(H,16,17,18)/b6-5-,10-4+. The maximum Gasteiger partial charge on any atom is 0.141 e. The summed E-state index contributed by atoms with van der Waals surface area (Å²) in [5.74, 6) is 0.761. The molecule has 0 radical (unpaired) electrons. The van der Waals surface area contributed by atoms with E-state index in [-0.39, 0.29) is 0 Å². The Hall–Kier alpha value is -1.64. The lowest BCUT2D eigenvalue weighted by Gasteiger charge is -2.10. The minimum absolute atomic E-state index is 0.761. The Balaban J connectivity index is 2.47. The summed E-state index contributed by atoms with van der Waals surface area (Å²) in [5, 5.41) is 5.24. The molecule has 0 saturated carbocycles. The zero-order valence-corrected chi connectivity index (χ0v) is 13.2. The van der Waals surface area contributed by atoms with Gasteiger partial charge in [-0.1, -0.05) is 24.8 Å². The number of fused-ring (bicyclic) bond motifs is 1. The Morgan fingerprint density at radius 1 is 1.40 bits per heavy atom. The molecule has 20 heavy (non-hydrogen) atoms. The highest BCUT2D eigenvalue weighted by Crippen LogP contribution is 2.23. The Labute approximate surface area is 126 Å². The highest BCUT2D eigenvalue weighted by molar-refractivity contribution is 7.80. The van der Waals surface area contributed by atoms with Crippen LogP contribution < -0.4 is 10.6 Å². The van der Waals surface area contributed by atoms with Gasteiger partial charge in [0.1, 0.15) is 12.1 Å². The van der Waals surface area contributed by atoms with Crippen molar-refractivity contribution in [1.82, 2.24) is 9.97 Å². The van der Waals surface area contributed by atoms with E-state index in [4.69, 9.17) is 0 Å². The fourth-order valence-electron chi connectivity index (χ4n) is 1.73. The van der Waals surface area contributed by atoms with Crippen molar-refractivity contribution in [3.8, 4) is 0 Å². The molecule has 1 aromatic heterocycles. The number of anilines is 1. The second-order valence-corrected chi connectivity index (χ2v) is 5.22. The van der Waals surface area contributed by atoms with Crippen molar-refractivity contribution >= 4 is 43.9 Å². The average Bonchev–Trinajstić information content (AvgIpc) is 2.45. The van der Waals surface area contributed by atoms with E-state index in [1.807, 2.05) is 37.3 Å². The number of allylic oxidation sites excluding steroid dienone is 4. The molecule has 1 aromatic carbocycles. The van der Waals surface area contributed by atoms with Crippen molar-refractivity contribution in [3.05, 3.63) is 55.0 Å². The number of hydrogen-bond donors (Lipinski definition) is 2. The molecule has 0 amide bonds. The quantitative estimate of drug-likeness (QED) is 0.516. The van der Waals surface area contributed by atoms with Crippen molar-refractivity contribution in [3.63, 3.8) is 0 Å². The van der Waals surface area contributed by atoms with Crippen LogP contribution in [0.4, 0.5) is 5.82 Å². The summed E-state index contributed by atoms with van der Waals surface area (Å²) in [6.07, 6.45) is 9.07. The molecule has 1 unspecified atom stereocenters. The van der Waals surface area contributed by atoms with E-state index in [2.05, 4.69) is 43.7 Å². The summed E-state index contributed by atoms with van der Waals surface area (Å²) in [4.78, 5) is 9.49. The molecule has 0 aliphatic rings. The van der Waals surface area contributed by atoms with Gasteiger partial charge >= 0.3 is 0 Å². The number of nitrogens with one attached hydrogen (secondary N) is 1. The Kier molecular flexibility index (Phi) is 4.94. The predicted molar refractivity (Wildman–Crippen MR) is 92.9 cm³/mol. The molecule has 0 spiro atoms. The molecule has 0 bridgehead atoms. The van der Waals surface area contributed by atoms with Crippen molar-refractivity contribution in [2.75, 3.05) is 5.32 Å². The molecule has 1 N–H and O–H groups in total. The molecule has 5 heteroatoms. The van der Waals surface area contributed by atoms with Gasteiger partial charge in [0, 0.05) is 16.0 Å². The monoisotopic (exact) mass is 301 g/mol. The van der Waals surface area contributed by atoms with Gasteiger partial charge in [0.2, 0.25) is 0 Å². The lowest BCUT2D eigenvalue weighted by atomic mass is 10.2. The van der Waals surface area contributed by atoms with E-state index in [1.54, 1.807) is 12.4 Å². The van der Waals surface area contributed by atoms with E-state index in [1.165, 1.54) is 0 Å². The van der Waals surface area contributed by atoms with Crippen molar-refractivity contribution in [2.24, 2.45) is 0 Å². The summed E-state index contributed by atoms with van der Waals surface area (Å²) in [7, 11) is 2.65. The first-order valence-corrected chi connectivity index (χ1v) is 7.13. The summed E-state index contributed by atoms with van der Waals surface area (Å²) >= 11 is 4.44. The molecule has 3 nitrogen and oxygen atoms in total. The first kappa shape index (κ1) is 14.8. The van der Waals surface area contributed by atoms with Crippen LogP contribution in [-0.2, 0) is 0 Å². The zero-order valence-electron chi connectivity index (χ0n) is 11.2. The number of rotatable bonds is 4. The van der Waals surface area contributed by atoms with Gasteiger partial charge in [-0.05, 0) is 30.4 Å². The molecule has 1 heterocycles. The highest BCUT2D eigenvalue weighted by atomic mass is 32.1. The summed E-state index contributed by atoms with van der Waals surface area (Å²) in [6.45, 7) is 5.63. The van der Waals surface area contributed by atoms with Crippen LogP contribution in [0.15, 0.2) is 59.9 Å². The third-order valence-electron chi connectivity index (χ3n) is 2.77. The molecule has 0 aliphatic heterocycles. The molecule has 0 aliphatic carbocycles. The predicted octanol–water partition coefficient (Wildman–Crippen LogP) is 3.48. The molecule has 0 saturated heterocycles. The van der Waals surface area contributed by atoms with E-state index in [9.17, 15) is 0 Å². The van der Waals surface area contributed by atoms with E-state index in [0.29, 0.717) is 0 Å². The lowest BCUT2D eigenvalue weighted by Crippen LogP contribution is -2.02. The van der Waals surface area contributed by atoms with E-state index in [0.717, 1.165) is 32.6 Å². The largest absolute Gasteiger partial charge is 0.340 e. The van der Waals surface area contributed by atoms with Gasteiger partial charge in [-0.15, -0.1) is 21.9 Å². The Bertz CT molecular complexity index is 708. The summed E-state index contributed by atoms with van der Waals surface area (Å²) < 4.78 is 0. The van der Waals surface area contributed by atoms with Gasteiger partial charge in [0.05, 0.1) is 5.52 Å². The normalized spacial score (nSPS) is 12.1. The minimum atomic E-state index is 0.761.